The molecule has 0 aliphatic rings. The van der Waals surface area contributed by atoms with Gasteiger partial charge in [0.25, 0.3) is 0 Å². The van der Waals surface area contributed by atoms with Gasteiger partial charge in [0.15, 0.2) is 0 Å². The molecule has 0 N–H and O–H groups in total. The Morgan fingerprint density at radius 3 is 0.923 bits per heavy atom. The molecule has 2 nitrogen and oxygen atoms in total. The van der Waals surface area contributed by atoms with E-state index in [0.29, 0.717) is 0 Å². The van der Waals surface area contributed by atoms with Crippen LogP contribution in [0.3, 0.4) is 0 Å². The molecule has 0 radical (unpaired) electrons. The summed E-state index contributed by atoms with van der Waals surface area (Å²) in [7, 11) is 0. The fourth-order valence-corrected chi connectivity index (χ4v) is 0. The summed E-state index contributed by atoms with van der Waals surface area (Å²) < 4.78 is 0.389. The summed E-state index contributed by atoms with van der Waals surface area (Å²) in [4.78, 5) is 2.25. The van der Waals surface area contributed by atoms with E-state index in [2.05, 4.69) is 78.3 Å². The highest BCUT2D eigenvalue weighted by atomic mass is 32.1. The van der Waals surface area contributed by atoms with Crippen molar-refractivity contribution in [2.75, 3.05) is 0 Å². The van der Waals surface area contributed by atoms with Crippen LogP contribution in [-0.2, 0) is 0 Å². The summed E-state index contributed by atoms with van der Waals surface area (Å²) in [6.45, 7) is 15.0. The Labute approximate surface area is 93.6 Å². The molecular weight excluding hydrogens is 200 g/mol. The molecule has 0 unspecified atom stereocenters. The quantitative estimate of drug-likeness (QED) is 0.273. The van der Waals surface area contributed by atoms with Crippen LogP contribution < -0.4 is 0 Å². The molecule has 13 heavy (non-hydrogen) atoms. The third-order valence-electron chi connectivity index (χ3n) is 0. The van der Waals surface area contributed by atoms with Crippen LogP contribution in [-0.4, -0.2) is 21.0 Å². The zero-order valence-electron chi connectivity index (χ0n) is 9.50. The highest BCUT2D eigenvalue weighted by Gasteiger charge is 1.97. The molecule has 4 heteroatoms. The molecule has 0 atom stereocenters. The molecule has 0 saturated carbocycles. The van der Waals surface area contributed by atoms with Crippen molar-refractivity contribution in [3.05, 3.63) is 5.53 Å². The first-order chi connectivity index (χ1) is 5.41. The van der Waals surface area contributed by atoms with Crippen molar-refractivity contribution in [3.8, 4) is 0 Å². The maximum absolute atomic E-state index is 7.08. The van der Waals surface area contributed by atoms with Crippen LogP contribution >= 0.6 is 25.3 Å². The van der Waals surface area contributed by atoms with Crippen molar-refractivity contribution in [1.82, 2.24) is 0 Å². The third-order valence-corrected chi connectivity index (χ3v) is 0. The van der Waals surface area contributed by atoms with Crippen LogP contribution in [0.4, 0.5) is 0 Å². The Bertz CT molecular complexity index is 113. The topological polar surface area (TPSA) is 36.4 Å². The molecule has 0 aromatic heterocycles. The van der Waals surface area contributed by atoms with Crippen LogP contribution in [0.1, 0.15) is 41.5 Å². The van der Waals surface area contributed by atoms with Gasteiger partial charge in [-0.25, -0.2) is 0 Å². The maximum atomic E-state index is 7.08. The molecule has 0 spiro atoms. The number of thiol groups is 2. The Kier molecular flexibility index (Phi) is 12.5. The number of nitrogens with zero attached hydrogens (tertiary/aromatic N) is 2. The lowest BCUT2D eigenvalue weighted by Gasteiger charge is -2.04. The van der Waals surface area contributed by atoms with Crippen LogP contribution in [0.5, 0.6) is 0 Å². The van der Waals surface area contributed by atoms with E-state index in [4.69, 9.17) is 5.53 Å². The van der Waals surface area contributed by atoms with Crippen LogP contribution in [0.2, 0.25) is 0 Å². The average molecular weight is 222 g/mol. The van der Waals surface area contributed by atoms with Crippen LogP contribution in [0, 0.1) is 0 Å². The molecule has 0 amide bonds. The van der Waals surface area contributed by atoms with Crippen molar-refractivity contribution < 1.29 is 4.79 Å². The molecule has 0 heterocycles. The first kappa shape index (κ1) is 18.8. The molecule has 0 fully saturated rings. The highest BCUT2D eigenvalue weighted by Crippen LogP contribution is 2.07. The zero-order valence-corrected chi connectivity index (χ0v) is 11.3. The van der Waals surface area contributed by atoms with Gasteiger partial charge in [-0.2, -0.15) is 30.0 Å². The van der Waals surface area contributed by atoms with Crippen molar-refractivity contribution in [1.29, 1.82) is 0 Å². The Hall–Kier alpha value is 0.0800. The summed E-state index contributed by atoms with van der Waals surface area (Å²) >= 11 is 8.25. The molecule has 0 aliphatic carbocycles. The Morgan fingerprint density at radius 1 is 0.923 bits per heavy atom. The van der Waals surface area contributed by atoms with E-state index in [0.717, 1.165) is 0 Å². The van der Waals surface area contributed by atoms with E-state index in [1.165, 1.54) is 0 Å². The SMILES string of the molecule is C=[N+]=[N-].CC(C)(C)S.CC(C)(C)S. The van der Waals surface area contributed by atoms with Gasteiger partial charge in [-0.1, -0.05) is 41.5 Å². The van der Waals surface area contributed by atoms with Crippen LogP contribution in [0.15, 0.2) is 0 Å². The zero-order chi connectivity index (χ0) is 11.7. The lowest BCUT2D eigenvalue weighted by molar-refractivity contribution is 0.0110. The summed E-state index contributed by atoms with van der Waals surface area (Å²) in [6.07, 6.45) is 0. The monoisotopic (exact) mass is 222 g/mol. The fraction of sp³-hybridized carbons (Fsp3) is 0.889. The van der Waals surface area contributed by atoms with Gasteiger partial charge < -0.3 is 5.53 Å². The first-order valence-electron chi connectivity index (χ1n) is 3.96. The van der Waals surface area contributed by atoms with Crippen molar-refractivity contribution in [2.45, 2.75) is 51.0 Å². The third kappa shape index (κ3) is 192000. The smallest absolute Gasteiger partial charge is 0.245 e. The number of hydrogen-bond donors (Lipinski definition) is 2. The number of hydrogen-bond acceptors (Lipinski definition) is 2. The molecule has 0 aliphatic heterocycles. The van der Waals surface area contributed by atoms with Crippen LogP contribution in [0.25, 0.3) is 5.53 Å². The largest absolute Gasteiger partial charge is 0.362 e. The van der Waals surface area contributed by atoms with Gasteiger partial charge in [0.2, 0.25) is 6.72 Å². The van der Waals surface area contributed by atoms with Gasteiger partial charge in [-0.05, 0) is 0 Å². The van der Waals surface area contributed by atoms with Gasteiger partial charge in [-0.3, -0.25) is 0 Å². The minimum absolute atomic E-state index is 0.194. The summed E-state index contributed by atoms with van der Waals surface area (Å²) in [6, 6.07) is 0. The van der Waals surface area contributed by atoms with Crippen molar-refractivity contribution in [2.24, 2.45) is 0 Å². The fourth-order valence-electron chi connectivity index (χ4n) is 0. The molecule has 0 bridgehead atoms. The molecule has 0 aromatic carbocycles. The minimum atomic E-state index is 0.194. The molecular formula is C9H22N2S2. The number of rotatable bonds is 0. The average Bonchev–Trinajstić information content (AvgIpc) is 1.52. The van der Waals surface area contributed by atoms with Gasteiger partial charge in [-0.15, -0.1) is 0 Å². The molecule has 80 valence electrons. The second kappa shape index (κ2) is 8.67. The predicted molar refractivity (Wildman–Crippen MR) is 68.2 cm³/mol. The lowest BCUT2D eigenvalue weighted by Crippen LogP contribution is -1.99. The normalized spacial score (nSPS) is 9.85. The van der Waals surface area contributed by atoms with E-state index in [-0.39, 0.29) is 9.49 Å². The maximum Gasteiger partial charge on any atom is 0.245 e. The molecule has 0 aromatic rings. The standard InChI is InChI=1S/2C4H10S.CH2N2/c2*1-4(2,3)5;1-3-2/h2*5H,1-3H3;1H2. The van der Waals surface area contributed by atoms with Gasteiger partial charge in [0, 0.05) is 9.49 Å². The first-order valence-corrected chi connectivity index (χ1v) is 4.86. The Morgan fingerprint density at radius 2 is 0.923 bits per heavy atom. The van der Waals surface area contributed by atoms with Crippen molar-refractivity contribution in [3.63, 3.8) is 0 Å². The second-order valence-corrected chi connectivity index (χ2v) is 7.17. The Balaban J connectivity index is -0.000000120. The van der Waals surface area contributed by atoms with E-state index < -0.39 is 0 Å². The van der Waals surface area contributed by atoms with E-state index >= 15 is 0 Å². The molecule has 0 rings (SSSR count). The lowest BCUT2D eigenvalue weighted by atomic mass is 10.3. The van der Waals surface area contributed by atoms with Gasteiger partial charge in [0.05, 0.1) is 0 Å². The minimum Gasteiger partial charge on any atom is -0.362 e. The summed E-state index contributed by atoms with van der Waals surface area (Å²) in [5, 5.41) is 0. The van der Waals surface area contributed by atoms with E-state index in [1.807, 2.05) is 0 Å². The van der Waals surface area contributed by atoms with E-state index in [1.54, 1.807) is 0 Å². The summed E-state index contributed by atoms with van der Waals surface area (Å²) in [5.74, 6) is 0. The van der Waals surface area contributed by atoms with Gasteiger partial charge in [0.1, 0.15) is 0 Å². The van der Waals surface area contributed by atoms with E-state index in [9.17, 15) is 0 Å². The predicted octanol–water partition coefficient (Wildman–Crippen LogP) is 3.35. The van der Waals surface area contributed by atoms with Crippen molar-refractivity contribution >= 4 is 32.0 Å². The highest BCUT2D eigenvalue weighted by molar-refractivity contribution is 7.81. The second-order valence-electron chi connectivity index (χ2n) is 4.48. The van der Waals surface area contributed by atoms with Gasteiger partial charge >= 0.3 is 0 Å². The molecule has 0 saturated heterocycles. The summed E-state index contributed by atoms with van der Waals surface area (Å²) in [5.41, 5.74) is 7.08.